The molecule has 0 aliphatic carbocycles. The summed E-state index contributed by atoms with van der Waals surface area (Å²) in [6.45, 7) is 2.05. The Labute approximate surface area is 155 Å². The van der Waals surface area contributed by atoms with Crippen molar-refractivity contribution in [2.45, 2.75) is 24.7 Å². The van der Waals surface area contributed by atoms with E-state index in [1.54, 1.807) is 6.07 Å². The minimum Gasteiger partial charge on any atom is -0.490 e. The van der Waals surface area contributed by atoms with Crippen molar-refractivity contribution in [2.24, 2.45) is 5.14 Å². The third-order valence-electron chi connectivity index (χ3n) is 3.34. The highest BCUT2D eigenvalue weighted by Gasteiger charge is 2.12. The Morgan fingerprint density at radius 1 is 1.04 bits per heavy atom. The van der Waals surface area contributed by atoms with Crippen LogP contribution in [-0.4, -0.2) is 33.4 Å². The maximum Gasteiger partial charge on any atom is 0.306 e. The summed E-state index contributed by atoms with van der Waals surface area (Å²) in [5.41, 5.74) is 0. The molecular weight excluding hydrogens is 378 g/mol. The second-order valence-corrected chi connectivity index (χ2v) is 8.27. The summed E-state index contributed by atoms with van der Waals surface area (Å²) in [5, 5.41) is 5.00. The van der Waals surface area contributed by atoms with Crippen molar-refractivity contribution in [2.75, 3.05) is 13.2 Å². The lowest BCUT2D eigenvalue weighted by atomic mass is 10.2. The number of ether oxygens (including phenoxy) is 2. The van der Waals surface area contributed by atoms with Crippen molar-refractivity contribution in [3.63, 3.8) is 0 Å². The minimum absolute atomic E-state index is 0.0121. The molecule has 1 heterocycles. The quantitative estimate of drug-likeness (QED) is 0.395. The van der Waals surface area contributed by atoms with Gasteiger partial charge in [0.2, 0.25) is 10.0 Å². The molecule has 2 rings (SSSR count). The fourth-order valence-corrected chi connectivity index (χ4v) is 3.39. The van der Waals surface area contributed by atoms with Crippen LogP contribution < -0.4 is 9.88 Å². The average molecular weight is 397 g/mol. The second kappa shape index (κ2) is 8.93. The number of benzene rings is 1. The molecule has 2 aromatic rings. The molecule has 0 aliphatic heterocycles. The first-order valence-electron chi connectivity index (χ1n) is 7.76. The van der Waals surface area contributed by atoms with E-state index in [1.807, 2.05) is 13.0 Å². The topological polar surface area (TPSA) is 113 Å². The maximum atomic E-state index is 11.9. The lowest BCUT2D eigenvalue weighted by molar-refractivity contribution is -0.144. The Bertz CT molecular complexity index is 871. The van der Waals surface area contributed by atoms with Gasteiger partial charge < -0.3 is 9.47 Å². The maximum absolute atomic E-state index is 11.9. The van der Waals surface area contributed by atoms with Gasteiger partial charge in [-0.05, 0) is 43.3 Å². The lowest BCUT2D eigenvalue weighted by Gasteiger charge is -2.07. The molecule has 0 unspecified atom stereocenters. The van der Waals surface area contributed by atoms with E-state index in [1.165, 1.54) is 35.6 Å². The van der Waals surface area contributed by atoms with Crippen LogP contribution in [0.25, 0.3) is 0 Å². The zero-order valence-electron chi connectivity index (χ0n) is 14.1. The Kier molecular flexibility index (Phi) is 6.90. The molecule has 9 heteroatoms. The van der Waals surface area contributed by atoms with Crippen LogP contribution in [0, 0.1) is 6.92 Å². The number of aryl methyl sites for hydroxylation is 1. The molecule has 0 atom stereocenters. The van der Waals surface area contributed by atoms with Crippen LogP contribution in [0.3, 0.4) is 0 Å². The number of ketones is 1. The fraction of sp³-hybridized carbons (Fsp3) is 0.294. The summed E-state index contributed by atoms with van der Waals surface area (Å²) in [6.07, 6.45) is 0.119. The Balaban J connectivity index is 1.66. The van der Waals surface area contributed by atoms with Gasteiger partial charge in [0.1, 0.15) is 19.0 Å². The van der Waals surface area contributed by atoms with Crippen LogP contribution >= 0.6 is 11.3 Å². The number of carbonyl (C=O) groups is 2. The number of esters is 1. The number of hydrogen-bond donors (Lipinski definition) is 1. The van der Waals surface area contributed by atoms with E-state index >= 15 is 0 Å². The van der Waals surface area contributed by atoms with Gasteiger partial charge in [0.15, 0.2) is 5.78 Å². The van der Waals surface area contributed by atoms with Crippen molar-refractivity contribution < 1.29 is 27.5 Å². The number of thiophene rings is 1. The van der Waals surface area contributed by atoms with E-state index < -0.39 is 16.0 Å². The molecule has 0 spiro atoms. The van der Waals surface area contributed by atoms with Gasteiger partial charge in [0, 0.05) is 11.3 Å². The summed E-state index contributed by atoms with van der Waals surface area (Å²) in [4.78, 5) is 25.2. The fourth-order valence-electron chi connectivity index (χ4n) is 2.04. The predicted octanol–water partition coefficient (Wildman–Crippen LogP) is 2.29. The van der Waals surface area contributed by atoms with E-state index in [0.717, 1.165) is 4.88 Å². The summed E-state index contributed by atoms with van der Waals surface area (Å²) in [5.74, 6) is -0.122. The first-order chi connectivity index (χ1) is 12.3. The summed E-state index contributed by atoms with van der Waals surface area (Å²) >= 11 is 1.40. The molecule has 0 aliphatic rings. The molecule has 140 valence electrons. The molecule has 26 heavy (non-hydrogen) atoms. The first kappa shape index (κ1) is 20.1. The summed E-state index contributed by atoms with van der Waals surface area (Å²) in [7, 11) is -3.74. The van der Waals surface area contributed by atoms with Crippen molar-refractivity contribution in [1.29, 1.82) is 0 Å². The van der Waals surface area contributed by atoms with Crippen molar-refractivity contribution >= 4 is 33.1 Å². The number of rotatable bonds is 9. The molecule has 0 bridgehead atoms. The molecule has 0 radical (unpaired) electrons. The highest BCUT2D eigenvalue weighted by atomic mass is 32.2. The third kappa shape index (κ3) is 6.25. The normalized spacial score (nSPS) is 11.2. The number of nitrogens with two attached hydrogens (primary N) is 1. The molecule has 2 N–H and O–H groups in total. The number of carbonyl (C=O) groups excluding carboxylic acids is 2. The van der Waals surface area contributed by atoms with Gasteiger partial charge >= 0.3 is 5.97 Å². The van der Waals surface area contributed by atoms with Gasteiger partial charge in [0.25, 0.3) is 0 Å². The van der Waals surface area contributed by atoms with E-state index in [2.05, 4.69) is 0 Å². The van der Waals surface area contributed by atoms with Crippen LogP contribution in [0.4, 0.5) is 0 Å². The van der Waals surface area contributed by atoms with Crippen LogP contribution in [-0.2, 0) is 19.6 Å². The molecule has 1 aromatic carbocycles. The Morgan fingerprint density at radius 3 is 2.31 bits per heavy atom. The van der Waals surface area contributed by atoms with Crippen LogP contribution in [0.5, 0.6) is 5.75 Å². The number of Topliss-reactive ketones (excluding diaryl/α,β-unsaturated/α-hetero) is 1. The molecule has 0 saturated carbocycles. The van der Waals surface area contributed by atoms with Gasteiger partial charge in [-0.1, -0.05) is 0 Å². The predicted molar refractivity (Wildman–Crippen MR) is 96.9 cm³/mol. The summed E-state index contributed by atoms with van der Waals surface area (Å²) in [6, 6.07) is 9.20. The summed E-state index contributed by atoms with van der Waals surface area (Å²) < 4.78 is 32.6. The second-order valence-electron chi connectivity index (χ2n) is 5.42. The van der Waals surface area contributed by atoms with Crippen LogP contribution in [0.1, 0.15) is 27.4 Å². The largest absolute Gasteiger partial charge is 0.490 e. The van der Waals surface area contributed by atoms with Crippen LogP contribution in [0.2, 0.25) is 0 Å². The van der Waals surface area contributed by atoms with E-state index in [-0.39, 0.29) is 36.7 Å². The van der Waals surface area contributed by atoms with Crippen molar-refractivity contribution in [3.8, 4) is 5.75 Å². The van der Waals surface area contributed by atoms with E-state index in [9.17, 15) is 18.0 Å². The van der Waals surface area contributed by atoms with Gasteiger partial charge in [-0.15, -0.1) is 11.3 Å². The minimum atomic E-state index is -3.74. The zero-order valence-corrected chi connectivity index (χ0v) is 15.8. The number of hydrogen-bond acceptors (Lipinski definition) is 7. The van der Waals surface area contributed by atoms with Crippen molar-refractivity contribution in [1.82, 2.24) is 0 Å². The first-order valence-corrected chi connectivity index (χ1v) is 10.1. The number of sulfonamides is 1. The molecule has 1 aromatic heterocycles. The standard InChI is InChI=1S/C17H19NO6S2/c1-12-2-8-16(25-12)15(19)7-9-17(20)24-11-10-23-13-3-5-14(6-4-13)26(18,21)22/h2-6,8H,7,9-11H2,1H3,(H2,18,21,22). The average Bonchev–Trinajstić information content (AvgIpc) is 3.03. The monoisotopic (exact) mass is 397 g/mol. The lowest BCUT2D eigenvalue weighted by Crippen LogP contribution is -2.14. The van der Waals surface area contributed by atoms with E-state index in [4.69, 9.17) is 14.6 Å². The molecule has 0 fully saturated rings. The van der Waals surface area contributed by atoms with E-state index in [0.29, 0.717) is 10.6 Å². The zero-order chi connectivity index (χ0) is 19.2. The number of primary sulfonamides is 1. The SMILES string of the molecule is Cc1ccc(C(=O)CCC(=O)OCCOc2ccc(S(N)(=O)=O)cc2)s1. The Morgan fingerprint density at radius 2 is 1.73 bits per heavy atom. The molecule has 0 saturated heterocycles. The van der Waals surface area contributed by atoms with Gasteiger partial charge in [-0.25, -0.2) is 13.6 Å². The van der Waals surface area contributed by atoms with Gasteiger partial charge in [-0.3, -0.25) is 9.59 Å². The highest BCUT2D eigenvalue weighted by molar-refractivity contribution is 7.89. The third-order valence-corrected chi connectivity index (χ3v) is 5.31. The molecule has 0 amide bonds. The van der Waals surface area contributed by atoms with Gasteiger partial charge in [0.05, 0.1) is 16.2 Å². The highest BCUT2D eigenvalue weighted by Crippen LogP contribution is 2.18. The van der Waals surface area contributed by atoms with Crippen molar-refractivity contribution in [3.05, 3.63) is 46.2 Å². The molecule has 7 nitrogen and oxygen atoms in total. The smallest absolute Gasteiger partial charge is 0.306 e. The van der Waals surface area contributed by atoms with Crippen LogP contribution in [0.15, 0.2) is 41.3 Å². The molecular formula is C17H19NO6S2. The van der Waals surface area contributed by atoms with Gasteiger partial charge in [-0.2, -0.15) is 0 Å². The Hall–Kier alpha value is -2.23.